The number of ether oxygens (including phenoxy) is 2. The maximum atomic E-state index is 12.2. The number of nitrogens with zero attached hydrogens (tertiary/aromatic N) is 2. The molecule has 0 unspecified atom stereocenters. The number of rotatable bonds is 3. The predicted molar refractivity (Wildman–Crippen MR) is 72.2 cm³/mol. The fourth-order valence-corrected chi connectivity index (χ4v) is 2.07. The summed E-state index contributed by atoms with van der Waals surface area (Å²) in [4.78, 5) is 15.8. The third-order valence-electron chi connectivity index (χ3n) is 3.19. The maximum absolute atomic E-state index is 12.2. The lowest BCUT2D eigenvalue weighted by atomic mass is 10.2. The summed E-state index contributed by atoms with van der Waals surface area (Å²) >= 11 is 0. The van der Waals surface area contributed by atoms with Gasteiger partial charge in [-0.25, -0.2) is 4.79 Å². The lowest BCUT2D eigenvalue weighted by Crippen LogP contribution is -2.46. The second kappa shape index (κ2) is 6.43. The van der Waals surface area contributed by atoms with E-state index >= 15 is 0 Å². The van der Waals surface area contributed by atoms with Gasteiger partial charge in [0.15, 0.2) is 0 Å². The Morgan fingerprint density at radius 2 is 1.95 bits per heavy atom. The van der Waals surface area contributed by atoms with Crippen molar-refractivity contribution in [1.82, 2.24) is 9.80 Å². The van der Waals surface area contributed by atoms with E-state index in [-0.39, 0.29) is 6.03 Å². The largest absolute Gasteiger partial charge is 0.497 e. The molecule has 1 aliphatic rings. The Morgan fingerprint density at radius 3 is 2.53 bits per heavy atom. The summed E-state index contributed by atoms with van der Waals surface area (Å²) in [5.74, 6) is 0.825. The highest BCUT2D eigenvalue weighted by Gasteiger charge is 2.20. The molecule has 0 saturated carbocycles. The molecule has 19 heavy (non-hydrogen) atoms. The minimum Gasteiger partial charge on any atom is -0.497 e. The van der Waals surface area contributed by atoms with Crippen LogP contribution in [0.2, 0.25) is 0 Å². The van der Waals surface area contributed by atoms with E-state index in [4.69, 9.17) is 9.47 Å². The summed E-state index contributed by atoms with van der Waals surface area (Å²) in [5, 5.41) is 0. The molecule has 1 fully saturated rings. The van der Waals surface area contributed by atoms with Gasteiger partial charge in [0.2, 0.25) is 0 Å². The van der Waals surface area contributed by atoms with E-state index < -0.39 is 0 Å². The van der Waals surface area contributed by atoms with Gasteiger partial charge in [0.05, 0.1) is 20.3 Å². The second-order valence-corrected chi connectivity index (χ2v) is 4.59. The Bertz CT molecular complexity index is 413. The van der Waals surface area contributed by atoms with Crippen molar-refractivity contribution in [2.24, 2.45) is 0 Å². The van der Waals surface area contributed by atoms with Gasteiger partial charge in [-0.3, -0.25) is 0 Å². The van der Waals surface area contributed by atoms with Crippen molar-refractivity contribution in [2.45, 2.75) is 6.54 Å². The van der Waals surface area contributed by atoms with Crippen molar-refractivity contribution in [3.05, 3.63) is 29.8 Å². The van der Waals surface area contributed by atoms with E-state index in [0.717, 1.165) is 11.3 Å². The standard InChI is InChI=1S/C14H20N2O3/c1-15(14(17)16-7-9-19-10-8-16)11-12-3-5-13(18-2)6-4-12/h3-6H,7-11H2,1-2H3. The molecule has 1 aromatic rings. The quantitative estimate of drug-likeness (QED) is 0.832. The number of hydrogen-bond donors (Lipinski definition) is 0. The zero-order valence-corrected chi connectivity index (χ0v) is 11.5. The number of urea groups is 1. The van der Waals surface area contributed by atoms with E-state index in [2.05, 4.69) is 0 Å². The predicted octanol–water partition coefficient (Wildman–Crippen LogP) is 1.58. The van der Waals surface area contributed by atoms with E-state index in [9.17, 15) is 4.79 Å². The van der Waals surface area contributed by atoms with Crippen LogP contribution in [-0.4, -0.2) is 56.3 Å². The fraction of sp³-hybridized carbons (Fsp3) is 0.500. The normalized spacial score (nSPS) is 15.2. The highest BCUT2D eigenvalue weighted by Crippen LogP contribution is 2.13. The summed E-state index contributed by atoms with van der Waals surface area (Å²) in [7, 11) is 3.46. The molecule has 0 radical (unpaired) electrons. The van der Waals surface area contributed by atoms with Gasteiger partial charge in [0.1, 0.15) is 5.75 Å². The molecule has 0 N–H and O–H groups in total. The van der Waals surface area contributed by atoms with Crippen molar-refractivity contribution < 1.29 is 14.3 Å². The fourth-order valence-electron chi connectivity index (χ4n) is 2.07. The first-order chi connectivity index (χ1) is 9.20. The van der Waals surface area contributed by atoms with E-state index in [1.165, 1.54) is 0 Å². The van der Waals surface area contributed by atoms with Gasteiger partial charge in [-0.05, 0) is 17.7 Å². The Hall–Kier alpha value is -1.75. The molecule has 5 nitrogen and oxygen atoms in total. The number of hydrogen-bond acceptors (Lipinski definition) is 3. The van der Waals surface area contributed by atoms with Crippen molar-refractivity contribution in [3.8, 4) is 5.75 Å². The number of carbonyl (C=O) groups is 1. The lowest BCUT2D eigenvalue weighted by molar-refractivity contribution is 0.0448. The van der Waals surface area contributed by atoms with Crippen LogP contribution in [0.1, 0.15) is 5.56 Å². The number of morpholine rings is 1. The van der Waals surface area contributed by atoms with Crippen molar-refractivity contribution in [1.29, 1.82) is 0 Å². The van der Waals surface area contributed by atoms with Crippen molar-refractivity contribution in [2.75, 3.05) is 40.5 Å². The smallest absolute Gasteiger partial charge is 0.320 e. The van der Waals surface area contributed by atoms with Crippen LogP contribution < -0.4 is 4.74 Å². The van der Waals surface area contributed by atoms with Gasteiger partial charge >= 0.3 is 6.03 Å². The van der Waals surface area contributed by atoms with Crippen LogP contribution in [-0.2, 0) is 11.3 Å². The third-order valence-corrected chi connectivity index (χ3v) is 3.19. The van der Waals surface area contributed by atoms with Crippen LogP contribution >= 0.6 is 0 Å². The number of benzene rings is 1. The SMILES string of the molecule is COc1ccc(CN(C)C(=O)N2CCOCC2)cc1. The molecule has 0 aliphatic carbocycles. The molecular formula is C14H20N2O3. The van der Waals surface area contributed by atoms with Gasteiger partial charge < -0.3 is 19.3 Å². The Labute approximate surface area is 113 Å². The summed E-state index contributed by atoms with van der Waals surface area (Å²) in [6.07, 6.45) is 0. The van der Waals surface area contributed by atoms with E-state index in [1.54, 1.807) is 12.0 Å². The molecule has 5 heteroatoms. The van der Waals surface area contributed by atoms with Gasteiger partial charge in [0.25, 0.3) is 0 Å². The Morgan fingerprint density at radius 1 is 1.32 bits per heavy atom. The van der Waals surface area contributed by atoms with Gasteiger partial charge in [-0.2, -0.15) is 0 Å². The Balaban J connectivity index is 1.91. The molecule has 1 saturated heterocycles. The summed E-state index contributed by atoms with van der Waals surface area (Å²) in [5.41, 5.74) is 1.09. The molecule has 0 aromatic heterocycles. The van der Waals surface area contributed by atoms with Crippen molar-refractivity contribution >= 4 is 6.03 Å². The minimum absolute atomic E-state index is 0.0547. The first kappa shape index (κ1) is 13.7. The first-order valence-electron chi connectivity index (χ1n) is 6.41. The average molecular weight is 264 g/mol. The first-order valence-corrected chi connectivity index (χ1v) is 6.41. The average Bonchev–Trinajstić information content (AvgIpc) is 2.48. The van der Waals surface area contributed by atoms with Gasteiger partial charge in [-0.15, -0.1) is 0 Å². The van der Waals surface area contributed by atoms with Crippen LogP contribution in [0.15, 0.2) is 24.3 Å². The molecule has 104 valence electrons. The highest BCUT2D eigenvalue weighted by molar-refractivity contribution is 5.74. The van der Waals surface area contributed by atoms with Crippen molar-refractivity contribution in [3.63, 3.8) is 0 Å². The number of methoxy groups -OCH3 is 1. The molecule has 2 amide bonds. The van der Waals surface area contributed by atoms with Crippen LogP contribution in [0.25, 0.3) is 0 Å². The molecule has 0 atom stereocenters. The second-order valence-electron chi connectivity index (χ2n) is 4.59. The molecule has 1 aromatic carbocycles. The highest BCUT2D eigenvalue weighted by atomic mass is 16.5. The zero-order chi connectivity index (χ0) is 13.7. The third kappa shape index (κ3) is 3.61. The van der Waals surface area contributed by atoms with Crippen LogP contribution in [0.5, 0.6) is 5.75 Å². The molecule has 1 aliphatic heterocycles. The minimum atomic E-state index is 0.0547. The number of amides is 2. The molecule has 1 heterocycles. The molecular weight excluding hydrogens is 244 g/mol. The Kier molecular flexibility index (Phi) is 4.63. The summed E-state index contributed by atoms with van der Waals surface area (Å²) in [6, 6.07) is 7.81. The van der Waals surface area contributed by atoms with Crippen LogP contribution in [0.4, 0.5) is 4.79 Å². The lowest BCUT2D eigenvalue weighted by Gasteiger charge is -2.31. The monoisotopic (exact) mass is 264 g/mol. The number of carbonyl (C=O) groups excluding carboxylic acids is 1. The van der Waals surface area contributed by atoms with E-state index in [0.29, 0.717) is 32.8 Å². The van der Waals surface area contributed by atoms with E-state index in [1.807, 2.05) is 36.2 Å². The summed E-state index contributed by atoms with van der Waals surface area (Å²) in [6.45, 7) is 3.20. The zero-order valence-electron chi connectivity index (χ0n) is 11.5. The molecule has 0 bridgehead atoms. The topological polar surface area (TPSA) is 42.0 Å². The van der Waals surface area contributed by atoms with Gasteiger partial charge in [0, 0.05) is 26.7 Å². The summed E-state index contributed by atoms with van der Waals surface area (Å²) < 4.78 is 10.4. The van der Waals surface area contributed by atoms with Gasteiger partial charge in [-0.1, -0.05) is 12.1 Å². The molecule has 2 rings (SSSR count). The molecule has 0 spiro atoms. The van der Waals surface area contributed by atoms with Crippen LogP contribution in [0.3, 0.4) is 0 Å². The maximum Gasteiger partial charge on any atom is 0.320 e. The van der Waals surface area contributed by atoms with Crippen LogP contribution in [0, 0.1) is 0 Å².